The van der Waals surface area contributed by atoms with Crippen LogP contribution in [0.5, 0.6) is 5.75 Å². The van der Waals surface area contributed by atoms with Crippen LogP contribution in [0.4, 0.5) is 0 Å². The van der Waals surface area contributed by atoms with Gasteiger partial charge >= 0.3 is 13.7 Å². The minimum absolute atomic E-state index is 0.238. The van der Waals surface area contributed by atoms with Gasteiger partial charge in [-0.1, -0.05) is 51.0 Å². The molecule has 3 unspecified atom stereocenters. The molecule has 3 N–H and O–H groups in total. The second-order valence-electron chi connectivity index (χ2n) is 10.7. The third-order valence-corrected chi connectivity index (χ3v) is 8.65. The van der Waals surface area contributed by atoms with Crippen LogP contribution in [-0.2, 0) is 37.6 Å². The highest BCUT2D eigenvalue weighted by Crippen LogP contribution is 2.46. The Morgan fingerprint density at radius 2 is 1.86 bits per heavy atom. The van der Waals surface area contributed by atoms with Crippen molar-refractivity contribution in [1.82, 2.24) is 9.99 Å². The zero-order chi connectivity index (χ0) is 30.9. The molecule has 0 bridgehead atoms. The molecule has 13 heteroatoms. The monoisotopic (exact) mass is 609 g/mol. The van der Waals surface area contributed by atoms with Crippen LogP contribution < -0.4 is 15.3 Å². The van der Waals surface area contributed by atoms with Crippen molar-refractivity contribution >= 4 is 19.6 Å². The molecule has 12 nitrogen and oxygen atoms in total. The van der Waals surface area contributed by atoms with Crippen LogP contribution in [0.25, 0.3) is 0 Å². The molecule has 1 amide bonds. The lowest BCUT2D eigenvalue weighted by Crippen LogP contribution is -2.46. The van der Waals surface area contributed by atoms with Gasteiger partial charge < -0.3 is 34.1 Å². The van der Waals surface area contributed by atoms with Crippen LogP contribution >= 0.6 is 7.75 Å². The van der Waals surface area contributed by atoms with Crippen molar-refractivity contribution in [1.29, 1.82) is 0 Å². The van der Waals surface area contributed by atoms with Gasteiger partial charge in [0.05, 0.1) is 13.2 Å². The predicted molar refractivity (Wildman–Crippen MR) is 156 cm³/mol. The van der Waals surface area contributed by atoms with Crippen molar-refractivity contribution in [2.24, 2.45) is 11.7 Å². The van der Waals surface area contributed by atoms with Crippen molar-refractivity contribution in [2.75, 3.05) is 20.3 Å². The molecule has 0 saturated carbocycles. The summed E-state index contributed by atoms with van der Waals surface area (Å²) in [5, 5.41) is 2.71. The van der Waals surface area contributed by atoms with Gasteiger partial charge in [0.25, 0.3) is 0 Å². The summed E-state index contributed by atoms with van der Waals surface area (Å²) in [5.74, 6) is -1.60. The first-order valence-electron chi connectivity index (χ1n) is 14.2. The Labute approximate surface area is 248 Å². The van der Waals surface area contributed by atoms with Gasteiger partial charge in [-0.15, -0.1) is 0 Å². The van der Waals surface area contributed by atoms with E-state index in [4.69, 9.17) is 33.7 Å². The molecule has 3 rings (SSSR count). The van der Waals surface area contributed by atoms with Crippen molar-refractivity contribution in [3.05, 3.63) is 54.4 Å². The molecule has 1 aromatic rings. The second-order valence-corrected chi connectivity index (χ2v) is 12.4. The number of allylic oxidation sites excluding steroid dienone is 1. The molecule has 0 radical (unpaired) electrons. The number of para-hydroxylation sites is 1. The van der Waals surface area contributed by atoms with Crippen LogP contribution in [0.15, 0.2) is 54.4 Å². The van der Waals surface area contributed by atoms with E-state index in [1.807, 2.05) is 13.8 Å². The van der Waals surface area contributed by atoms with Crippen molar-refractivity contribution in [3.8, 4) is 5.75 Å². The number of primary amides is 1. The summed E-state index contributed by atoms with van der Waals surface area (Å²) >= 11 is 0. The second kappa shape index (κ2) is 15.1. The largest absolute Gasteiger partial charge is 0.464 e. The molecule has 234 valence electrons. The number of hydrogen-bond acceptors (Lipinski definition) is 10. The van der Waals surface area contributed by atoms with Gasteiger partial charge in [0.1, 0.15) is 24.0 Å². The van der Waals surface area contributed by atoms with Gasteiger partial charge in [0, 0.05) is 25.1 Å². The third kappa shape index (κ3) is 9.39. The summed E-state index contributed by atoms with van der Waals surface area (Å²) in [6, 6.07) is 7.49. The number of nitrogens with one attached hydrogen (secondary N) is 1. The molecule has 1 saturated heterocycles. The maximum Gasteiger partial charge on any atom is 0.459 e. The summed E-state index contributed by atoms with van der Waals surface area (Å²) < 4.78 is 49.2. The Bertz CT molecular complexity index is 1160. The van der Waals surface area contributed by atoms with Gasteiger partial charge in [-0.2, -0.15) is 5.09 Å². The number of hydrogen-bond donors (Lipinski definition) is 2. The molecular formula is C29H44N3O9P. The van der Waals surface area contributed by atoms with E-state index in [0.717, 1.165) is 12.8 Å². The molecule has 2 aliphatic rings. The van der Waals surface area contributed by atoms with E-state index >= 15 is 0 Å². The molecule has 2 aliphatic heterocycles. The summed E-state index contributed by atoms with van der Waals surface area (Å²) in [7, 11) is -2.69. The summed E-state index contributed by atoms with van der Waals surface area (Å²) in [6.45, 7) is 9.11. The number of esters is 1. The van der Waals surface area contributed by atoms with Gasteiger partial charge in [-0.05, 0) is 45.2 Å². The first-order valence-corrected chi connectivity index (χ1v) is 15.7. The van der Waals surface area contributed by atoms with Crippen LogP contribution in [-0.4, -0.2) is 67.4 Å². The summed E-state index contributed by atoms with van der Waals surface area (Å²) in [4.78, 5) is 26.2. The topological polar surface area (TPSA) is 148 Å². The first kappa shape index (κ1) is 33.8. The average molecular weight is 610 g/mol. The molecule has 1 aromatic carbocycles. The number of nitrogens with zero attached hydrogens (tertiary/aromatic N) is 1. The molecule has 0 spiro atoms. The zero-order valence-electron chi connectivity index (χ0n) is 25.2. The van der Waals surface area contributed by atoms with E-state index in [1.54, 1.807) is 67.6 Å². The van der Waals surface area contributed by atoms with Crippen LogP contribution in [0.3, 0.4) is 0 Å². The Balaban J connectivity index is 1.78. The van der Waals surface area contributed by atoms with Gasteiger partial charge in [-0.3, -0.25) is 14.1 Å². The molecule has 0 aromatic heterocycles. The fourth-order valence-electron chi connectivity index (χ4n) is 4.48. The Morgan fingerprint density at radius 3 is 2.48 bits per heavy atom. The van der Waals surface area contributed by atoms with Crippen molar-refractivity contribution < 1.29 is 42.1 Å². The minimum atomic E-state index is -4.15. The number of ether oxygens (including phenoxy) is 4. The number of benzene rings is 1. The van der Waals surface area contributed by atoms with Gasteiger partial charge in [0.15, 0.2) is 12.0 Å². The molecule has 0 aliphatic carbocycles. The van der Waals surface area contributed by atoms with E-state index in [-0.39, 0.29) is 24.9 Å². The predicted octanol–water partition coefficient (Wildman–Crippen LogP) is 4.23. The number of methoxy groups -OCH3 is 1. The highest BCUT2D eigenvalue weighted by Gasteiger charge is 2.48. The molecular weight excluding hydrogens is 565 g/mol. The first-order chi connectivity index (χ1) is 19.9. The lowest BCUT2D eigenvalue weighted by atomic mass is 10.1. The average Bonchev–Trinajstić information content (AvgIpc) is 3.29. The lowest BCUT2D eigenvalue weighted by molar-refractivity contribution is -0.163. The number of carbonyl (C=O) groups is 2. The van der Waals surface area contributed by atoms with E-state index in [1.165, 1.54) is 14.0 Å². The van der Waals surface area contributed by atoms with E-state index in [2.05, 4.69) is 5.09 Å². The van der Waals surface area contributed by atoms with Crippen LogP contribution in [0.1, 0.15) is 53.9 Å². The zero-order valence-corrected chi connectivity index (χ0v) is 26.1. The summed E-state index contributed by atoms with van der Waals surface area (Å²) in [5.41, 5.74) is 5.91. The van der Waals surface area contributed by atoms with E-state index < -0.39 is 49.9 Å². The number of rotatable bonds is 16. The minimum Gasteiger partial charge on any atom is -0.464 e. The quantitative estimate of drug-likeness (QED) is 0.205. The van der Waals surface area contributed by atoms with E-state index in [9.17, 15) is 14.2 Å². The summed E-state index contributed by atoms with van der Waals surface area (Å²) in [6.07, 6.45) is 5.05. The fraction of sp³-hybridized carbons (Fsp3) is 0.586. The normalized spacial score (nSPS) is 22.7. The molecule has 42 heavy (non-hydrogen) atoms. The van der Waals surface area contributed by atoms with E-state index in [0.29, 0.717) is 12.0 Å². The van der Waals surface area contributed by atoms with Crippen molar-refractivity contribution in [3.63, 3.8) is 0 Å². The van der Waals surface area contributed by atoms with Crippen molar-refractivity contribution in [2.45, 2.75) is 84.1 Å². The number of nitrogens with two attached hydrogens (primary N) is 1. The third-order valence-electron chi connectivity index (χ3n) is 7.00. The maximum atomic E-state index is 14.0. The highest BCUT2D eigenvalue weighted by molar-refractivity contribution is 7.52. The van der Waals surface area contributed by atoms with Gasteiger partial charge in [-0.25, -0.2) is 4.57 Å². The number of carbonyl (C=O) groups excluding carboxylic acids is 2. The molecule has 2 heterocycles. The molecule has 5 atom stereocenters. The Hall–Kier alpha value is -2.73. The SMILES string of the molecule is CCC(CC)COC(=O)C(C)NP(=O)(OCC(OC)[C@H]1OC(C)(C)O[C@H]1N1C=CCC(C(N)=O)=C1)Oc1ccccc1. The Morgan fingerprint density at radius 1 is 1.17 bits per heavy atom. The maximum absolute atomic E-state index is 14.0. The van der Waals surface area contributed by atoms with Gasteiger partial charge in [0.2, 0.25) is 5.91 Å². The Kier molecular flexibility index (Phi) is 12.2. The standard InChI is InChI=1S/C29H44N3O9P/c1-7-21(8-2)18-37-28(34)20(3)31-42(35,41-23-14-10-9-11-15-23)38-19-24(36-6)25-27(40-29(4,5)39-25)32-16-12-13-22(17-32)26(30)33/h9-12,14-17,20-21,24-25,27H,7-8,13,18-19H2,1-6H3,(H2,30,33)(H,31,35)/t20?,24?,25-,27-,42?/m1/s1. The lowest BCUT2D eigenvalue weighted by Gasteiger charge is -2.32. The smallest absolute Gasteiger partial charge is 0.459 e. The fourth-order valence-corrected chi connectivity index (χ4v) is 5.98. The highest BCUT2D eigenvalue weighted by atomic mass is 31.2. The van der Waals surface area contributed by atoms with Crippen LogP contribution in [0, 0.1) is 5.92 Å². The molecule has 1 fully saturated rings. The number of amides is 1. The van der Waals surface area contributed by atoms with Crippen LogP contribution in [0.2, 0.25) is 0 Å².